The number of nitrogens with zero attached hydrogens (tertiary/aromatic N) is 1. The minimum absolute atomic E-state index is 0.157. The average molecular weight is 527 g/mol. The lowest BCUT2D eigenvalue weighted by molar-refractivity contribution is -0.271. The Hall–Kier alpha value is -3.31. The molecular weight excluding hydrogens is 492 g/mol. The number of carboxylic acids is 1. The molecule has 10 nitrogen and oxygen atoms in total. The maximum Gasteiger partial charge on any atom is 0.335 e. The fourth-order valence-corrected chi connectivity index (χ4v) is 4.53. The SMILES string of the molecule is CCCCc1ccc(O[C@@H]2OC(C(=O)O)[C@@H](O)[C@@H](O)C2O)c(-c2nc3ccc(CCCC)cc3c(=O)[nH]2)c1. The van der Waals surface area contributed by atoms with Crippen molar-refractivity contribution in [2.24, 2.45) is 0 Å². The molecule has 0 saturated carbocycles. The highest BCUT2D eigenvalue weighted by Crippen LogP contribution is 2.33. The van der Waals surface area contributed by atoms with Crippen LogP contribution >= 0.6 is 0 Å². The number of aliphatic hydroxyl groups excluding tert-OH is 3. The summed E-state index contributed by atoms with van der Waals surface area (Å²) in [6, 6.07) is 10.9. The molecule has 0 radical (unpaired) electrons. The van der Waals surface area contributed by atoms with E-state index in [2.05, 4.69) is 23.8 Å². The van der Waals surface area contributed by atoms with Crippen molar-refractivity contribution in [1.29, 1.82) is 0 Å². The summed E-state index contributed by atoms with van der Waals surface area (Å²) >= 11 is 0. The van der Waals surface area contributed by atoms with Crippen molar-refractivity contribution < 1.29 is 34.7 Å². The number of aromatic nitrogens is 2. The van der Waals surface area contributed by atoms with Crippen LogP contribution in [0, 0.1) is 0 Å². The highest BCUT2D eigenvalue weighted by Gasteiger charge is 2.48. The number of unbranched alkanes of at least 4 members (excludes halogenated alkanes) is 2. The highest BCUT2D eigenvalue weighted by atomic mass is 16.7. The second-order valence-electron chi connectivity index (χ2n) is 9.66. The summed E-state index contributed by atoms with van der Waals surface area (Å²) < 4.78 is 11.2. The summed E-state index contributed by atoms with van der Waals surface area (Å²) in [5, 5.41) is 40.5. The third-order valence-electron chi connectivity index (χ3n) is 6.76. The summed E-state index contributed by atoms with van der Waals surface area (Å²) in [7, 11) is 0. The van der Waals surface area contributed by atoms with Crippen molar-refractivity contribution in [3.05, 3.63) is 57.9 Å². The summed E-state index contributed by atoms with van der Waals surface area (Å²) in [5.41, 5.74) is 2.63. The van der Waals surface area contributed by atoms with Crippen LogP contribution in [0.4, 0.5) is 0 Å². The molecule has 10 heteroatoms. The van der Waals surface area contributed by atoms with Crippen LogP contribution in [0.25, 0.3) is 22.3 Å². The molecule has 2 unspecified atom stereocenters. The molecule has 4 rings (SSSR count). The third-order valence-corrected chi connectivity index (χ3v) is 6.76. The molecule has 1 saturated heterocycles. The molecule has 1 aromatic heterocycles. The molecule has 5 atom stereocenters. The van der Waals surface area contributed by atoms with Crippen molar-refractivity contribution in [3.63, 3.8) is 0 Å². The maximum absolute atomic E-state index is 13.1. The number of aryl methyl sites for hydroxylation is 2. The first-order valence-corrected chi connectivity index (χ1v) is 13.0. The summed E-state index contributed by atoms with van der Waals surface area (Å²) in [6.45, 7) is 4.19. The van der Waals surface area contributed by atoms with Gasteiger partial charge in [0.1, 0.15) is 29.9 Å². The van der Waals surface area contributed by atoms with Gasteiger partial charge in [-0.3, -0.25) is 4.79 Å². The van der Waals surface area contributed by atoms with E-state index in [0.29, 0.717) is 16.5 Å². The lowest BCUT2D eigenvalue weighted by Gasteiger charge is -2.38. The molecule has 5 N–H and O–H groups in total. The average Bonchev–Trinajstić information content (AvgIpc) is 2.91. The van der Waals surface area contributed by atoms with Gasteiger partial charge in [0, 0.05) is 0 Å². The van der Waals surface area contributed by atoms with Crippen LogP contribution in [-0.4, -0.2) is 67.1 Å². The van der Waals surface area contributed by atoms with Gasteiger partial charge in [-0.25, -0.2) is 9.78 Å². The molecule has 2 aromatic carbocycles. The smallest absolute Gasteiger partial charge is 0.335 e. The van der Waals surface area contributed by atoms with Crippen LogP contribution in [-0.2, 0) is 22.4 Å². The van der Waals surface area contributed by atoms with E-state index >= 15 is 0 Å². The van der Waals surface area contributed by atoms with Gasteiger partial charge in [-0.1, -0.05) is 38.8 Å². The molecule has 0 amide bonds. The standard InChI is InChI=1S/C28H34N2O8/c1-3-5-7-15-9-11-19-17(13-15)26(34)30-25(29-19)18-14-16(8-6-4-2)10-12-20(18)37-28-23(33)21(31)22(32)24(38-28)27(35)36/h9-14,21-24,28,31-33H,3-8H2,1-2H3,(H,35,36)(H,29,30,34)/t21-,22+,23?,24?,28-/m1/s1. The number of aliphatic hydroxyl groups is 3. The molecule has 0 aliphatic carbocycles. The molecule has 3 aromatic rings. The van der Waals surface area contributed by atoms with Crippen LogP contribution in [0.1, 0.15) is 50.7 Å². The minimum Gasteiger partial charge on any atom is -0.479 e. The largest absolute Gasteiger partial charge is 0.479 e. The van der Waals surface area contributed by atoms with E-state index in [0.717, 1.165) is 49.7 Å². The number of carboxylic acid groups (broad SMARTS) is 1. The Labute approximate surface area is 219 Å². The number of carbonyl (C=O) groups is 1. The predicted octanol–water partition coefficient (Wildman–Crippen LogP) is 2.55. The van der Waals surface area contributed by atoms with Crippen molar-refractivity contribution in [3.8, 4) is 17.1 Å². The van der Waals surface area contributed by atoms with Crippen molar-refractivity contribution in [2.45, 2.75) is 83.1 Å². The first kappa shape index (κ1) is 27.7. The zero-order chi connectivity index (χ0) is 27.4. The number of hydrogen-bond acceptors (Lipinski definition) is 8. The fourth-order valence-electron chi connectivity index (χ4n) is 4.53. The zero-order valence-corrected chi connectivity index (χ0v) is 21.5. The lowest BCUT2D eigenvalue weighted by atomic mass is 9.99. The number of H-pyrrole nitrogens is 1. The highest BCUT2D eigenvalue weighted by molar-refractivity contribution is 5.81. The van der Waals surface area contributed by atoms with Gasteiger partial charge in [0.15, 0.2) is 6.10 Å². The van der Waals surface area contributed by atoms with Crippen molar-refractivity contribution in [2.75, 3.05) is 0 Å². The topological polar surface area (TPSA) is 162 Å². The van der Waals surface area contributed by atoms with Gasteiger partial charge < -0.3 is 34.9 Å². The van der Waals surface area contributed by atoms with Crippen LogP contribution in [0.3, 0.4) is 0 Å². The Bertz CT molecular complexity index is 1340. The first-order valence-electron chi connectivity index (χ1n) is 13.0. The Kier molecular flexibility index (Phi) is 8.78. The predicted molar refractivity (Wildman–Crippen MR) is 140 cm³/mol. The number of aromatic amines is 1. The van der Waals surface area contributed by atoms with Gasteiger partial charge in [-0.15, -0.1) is 0 Å². The molecule has 204 valence electrons. The molecule has 0 spiro atoms. The second-order valence-corrected chi connectivity index (χ2v) is 9.66. The van der Waals surface area contributed by atoms with Crippen LogP contribution in [0.2, 0.25) is 0 Å². The van der Waals surface area contributed by atoms with Gasteiger partial charge in [0.2, 0.25) is 6.29 Å². The molecule has 1 aliphatic rings. The number of nitrogens with one attached hydrogen (secondary N) is 1. The van der Waals surface area contributed by atoms with Crippen molar-refractivity contribution >= 4 is 16.9 Å². The number of benzene rings is 2. The van der Waals surface area contributed by atoms with Crippen LogP contribution in [0.5, 0.6) is 5.75 Å². The Morgan fingerprint density at radius 3 is 2.29 bits per heavy atom. The van der Waals surface area contributed by atoms with Gasteiger partial charge in [-0.05, 0) is 61.1 Å². The van der Waals surface area contributed by atoms with Gasteiger partial charge in [-0.2, -0.15) is 0 Å². The van der Waals surface area contributed by atoms with E-state index in [9.17, 15) is 30.0 Å². The number of fused-ring (bicyclic) bond motifs is 1. The van der Waals surface area contributed by atoms with E-state index in [1.165, 1.54) is 0 Å². The number of hydrogen-bond donors (Lipinski definition) is 5. The third kappa shape index (κ3) is 5.88. The van der Waals surface area contributed by atoms with E-state index in [1.807, 2.05) is 30.3 Å². The molecule has 2 heterocycles. The monoisotopic (exact) mass is 526 g/mol. The first-order chi connectivity index (χ1) is 18.2. The van der Waals surface area contributed by atoms with Gasteiger partial charge >= 0.3 is 5.97 Å². The van der Waals surface area contributed by atoms with E-state index in [4.69, 9.17) is 9.47 Å². The zero-order valence-electron chi connectivity index (χ0n) is 21.5. The quantitative estimate of drug-likeness (QED) is 0.267. The molecule has 1 fully saturated rings. The maximum atomic E-state index is 13.1. The molecule has 0 bridgehead atoms. The van der Waals surface area contributed by atoms with Gasteiger partial charge in [0.05, 0.1) is 16.5 Å². The van der Waals surface area contributed by atoms with Gasteiger partial charge in [0.25, 0.3) is 5.56 Å². The van der Waals surface area contributed by atoms with E-state index in [1.54, 1.807) is 6.07 Å². The molecule has 1 aliphatic heterocycles. The second kappa shape index (κ2) is 12.0. The Balaban J connectivity index is 1.74. The number of rotatable bonds is 10. The minimum atomic E-state index is -1.83. The van der Waals surface area contributed by atoms with Crippen LogP contribution < -0.4 is 10.3 Å². The van der Waals surface area contributed by atoms with Crippen molar-refractivity contribution in [1.82, 2.24) is 9.97 Å². The fraction of sp³-hybridized carbons (Fsp3) is 0.464. The summed E-state index contributed by atoms with van der Waals surface area (Å²) in [5.74, 6) is -1.12. The summed E-state index contributed by atoms with van der Waals surface area (Å²) in [6.07, 6.45) is -3.12. The Morgan fingerprint density at radius 2 is 1.63 bits per heavy atom. The van der Waals surface area contributed by atoms with Crippen LogP contribution in [0.15, 0.2) is 41.2 Å². The summed E-state index contributed by atoms with van der Waals surface area (Å²) in [4.78, 5) is 32.1. The number of ether oxygens (including phenoxy) is 2. The Morgan fingerprint density at radius 1 is 0.974 bits per heavy atom. The van der Waals surface area contributed by atoms with E-state index < -0.39 is 36.7 Å². The molecule has 38 heavy (non-hydrogen) atoms. The number of aliphatic carboxylic acids is 1. The lowest BCUT2D eigenvalue weighted by Crippen LogP contribution is -2.61. The molecular formula is C28H34N2O8. The van der Waals surface area contributed by atoms with E-state index in [-0.39, 0.29) is 17.1 Å². The normalized spacial score (nSPS) is 23.4.